The van der Waals surface area contributed by atoms with Gasteiger partial charge in [0.25, 0.3) is 0 Å². The number of nitrogens with zero attached hydrogens (tertiary/aromatic N) is 2. The molecule has 114 valence electrons. The highest BCUT2D eigenvalue weighted by Crippen LogP contribution is 2.22. The van der Waals surface area contributed by atoms with E-state index in [1.165, 1.54) is 11.5 Å². The van der Waals surface area contributed by atoms with Crippen molar-refractivity contribution in [3.8, 4) is 0 Å². The third kappa shape index (κ3) is 2.88. The third-order valence-electron chi connectivity index (χ3n) is 3.02. The maximum absolute atomic E-state index is 11.8. The number of ether oxygens (including phenoxy) is 1. The molecule has 0 radical (unpaired) electrons. The Balaban J connectivity index is 2.64. The second kappa shape index (κ2) is 6.21. The van der Waals surface area contributed by atoms with Crippen molar-refractivity contribution in [1.29, 1.82) is 0 Å². The molecule has 0 bridgehead atoms. The van der Waals surface area contributed by atoms with Crippen LogP contribution in [0.25, 0.3) is 17.0 Å². The molecule has 0 N–H and O–H groups in total. The second-order valence-corrected chi connectivity index (χ2v) is 4.49. The fourth-order valence-corrected chi connectivity index (χ4v) is 2.17. The summed E-state index contributed by atoms with van der Waals surface area (Å²) in [7, 11) is 0. The van der Waals surface area contributed by atoms with Gasteiger partial charge >= 0.3 is 11.7 Å². The highest BCUT2D eigenvalue weighted by molar-refractivity contribution is 5.97. The van der Waals surface area contributed by atoms with Gasteiger partial charge in [-0.15, -0.1) is 0 Å². The van der Waals surface area contributed by atoms with Gasteiger partial charge in [0.05, 0.1) is 22.7 Å². The van der Waals surface area contributed by atoms with Crippen molar-refractivity contribution in [2.75, 3.05) is 6.61 Å². The number of fused-ring (bicyclic) bond motifs is 1. The zero-order valence-electron chi connectivity index (χ0n) is 12.1. The topological polar surface area (TPSA) is 91.4 Å². The summed E-state index contributed by atoms with van der Waals surface area (Å²) in [4.78, 5) is 33.7. The lowest BCUT2D eigenvalue weighted by atomic mass is 10.2. The first-order valence-electron chi connectivity index (χ1n) is 6.60. The molecule has 1 aromatic heterocycles. The van der Waals surface area contributed by atoms with Crippen molar-refractivity contribution in [2.24, 2.45) is 0 Å². The van der Waals surface area contributed by atoms with Gasteiger partial charge in [0, 0.05) is 18.4 Å². The van der Waals surface area contributed by atoms with Gasteiger partial charge in [0.2, 0.25) is 5.91 Å². The summed E-state index contributed by atoms with van der Waals surface area (Å²) in [5.41, 5.74) is 0.161. The molecular formula is C15H14N2O5. The highest BCUT2D eigenvalue weighted by atomic mass is 16.6. The predicted octanol–water partition coefficient (Wildman–Crippen LogP) is 2.48. The molecule has 22 heavy (non-hydrogen) atoms. The van der Waals surface area contributed by atoms with Crippen LogP contribution in [0.5, 0.6) is 0 Å². The van der Waals surface area contributed by atoms with E-state index in [-0.39, 0.29) is 18.2 Å². The van der Waals surface area contributed by atoms with Crippen LogP contribution in [0.1, 0.15) is 24.3 Å². The van der Waals surface area contributed by atoms with Crippen molar-refractivity contribution in [3.05, 3.63) is 51.8 Å². The number of rotatable bonds is 4. The number of hydrogen-bond acceptors (Lipinski definition) is 5. The van der Waals surface area contributed by atoms with Crippen molar-refractivity contribution < 1.29 is 19.2 Å². The van der Waals surface area contributed by atoms with Gasteiger partial charge in [0.15, 0.2) is 0 Å². The van der Waals surface area contributed by atoms with Gasteiger partial charge in [-0.25, -0.2) is 4.79 Å². The average molecular weight is 302 g/mol. The highest BCUT2D eigenvalue weighted by Gasteiger charge is 2.25. The number of aromatic nitrogens is 1. The van der Waals surface area contributed by atoms with Gasteiger partial charge < -0.3 is 4.74 Å². The second-order valence-electron chi connectivity index (χ2n) is 4.49. The molecule has 0 aliphatic carbocycles. The zero-order chi connectivity index (χ0) is 16.3. The molecule has 7 nitrogen and oxygen atoms in total. The minimum absolute atomic E-state index is 0.0275. The Labute approximate surface area is 125 Å². The van der Waals surface area contributed by atoms with E-state index >= 15 is 0 Å². The molecule has 0 aliphatic rings. The maximum Gasteiger partial charge on any atom is 0.409 e. The number of hydrogen-bond donors (Lipinski definition) is 0. The van der Waals surface area contributed by atoms with Crippen LogP contribution in [-0.4, -0.2) is 28.0 Å². The molecule has 0 atom stereocenters. The smallest absolute Gasteiger partial charge is 0.409 e. The lowest BCUT2D eigenvalue weighted by Crippen LogP contribution is -2.15. The molecule has 1 heterocycles. The monoisotopic (exact) mass is 302 g/mol. The predicted molar refractivity (Wildman–Crippen MR) is 79.8 cm³/mol. The van der Waals surface area contributed by atoms with Crippen LogP contribution in [0, 0.1) is 10.1 Å². The van der Waals surface area contributed by atoms with Crippen LogP contribution in [0.15, 0.2) is 36.0 Å². The van der Waals surface area contributed by atoms with Gasteiger partial charge in [-0.3, -0.25) is 19.5 Å². The number of nitro groups is 1. The standard InChI is InChI=1S/C15H14N2O5/c1-3-22-15(19)14(17(20)21)9-12-8-11-6-4-5-7-13(11)16(12)10(2)18/h4-9H,3H2,1-2H3. The van der Waals surface area contributed by atoms with Gasteiger partial charge in [-0.2, -0.15) is 0 Å². The molecule has 0 saturated carbocycles. The number of esters is 1. The number of carbonyl (C=O) groups is 2. The Morgan fingerprint density at radius 1 is 1.36 bits per heavy atom. The third-order valence-corrected chi connectivity index (χ3v) is 3.02. The van der Waals surface area contributed by atoms with E-state index in [0.717, 1.165) is 11.5 Å². The van der Waals surface area contributed by atoms with E-state index in [1.807, 2.05) is 0 Å². The van der Waals surface area contributed by atoms with E-state index in [2.05, 4.69) is 4.74 Å². The van der Waals surface area contributed by atoms with Crippen LogP contribution in [-0.2, 0) is 9.53 Å². The lowest BCUT2D eigenvalue weighted by molar-refractivity contribution is -0.419. The molecule has 0 fully saturated rings. The van der Waals surface area contributed by atoms with E-state index in [9.17, 15) is 19.7 Å². The molecule has 0 spiro atoms. The van der Waals surface area contributed by atoms with Crippen LogP contribution in [0.3, 0.4) is 0 Å². The molecule has 2 aromatic rings. The van der Waals surface area contributed by atoms with E-state index in [1.54, 1.807) is 37.3 Å². The van der Waals surface area contributed by atoms with Crippen LogP contribution in [0.2, 0.25) is 0 Å². The first-order chi connectivity index (χ1) is 10.5. The Bertz CT molecular complexity index is 788. The molecule has 2 rings (SSSR count). The quantitative estimate of drug-likeness (QED) is 0.374. The minimum Gasteiger partial charge on any atom is -0.458 e. The summed E-state index contributed by atoms with van der Waals surface area (Å²) in [6, 6.07) is 8.67. The summed E-state index contributed by atoms with van der Waals surface area (Å²) in [6.07, 6.45) is 1.05. The minimum atomic E-state index is -1.03. The van der Waals surface area contributed by atoms with Crippen LogP contribution in [0.4, 0.5) is 0 Å². The number of carbonyl (C=O) groups excluding carboxylic acids is 2. The fourth-order valence-electron chi connectivity index (χ4n) is 2.17. The molecular weight excluding hydrogens is 288 g/mol. The Kier molecular flexibility index (Phi) is 4.36. The number of para-hydroxylation sites is 1. The summed E-state index contributed by atoms with van der Waals surface area (Å²) < 4.78 is 5.99. The summed E-state index contributed by atoms with van der Waals surface area (Å²) >= 11 is 0. The maximum atomic E-state index is 11.8. The van der Waals surface area contributed by atoms with Crippen LogP contribution < -0.4 is 0 Å². The summed E-state index contributed by atoms with van der Waals surface area (Å²) in [5.74, 6) is -1.34. The molecule has 0 saturated heterocycles. The van der Waals surface area contributed by atoms with E-state index in [0.29, 0.717) is 5.52 Å². The van der Waals surface area contributed by atoms with Gasteiger partial charge in [-0.1, -0.05) is 18.2 Å². The van der Waals surface area contributed by atoms with Gasteiger partial charge in [0.1, 0.15) is 0 Å². The molecule has 0 unspecified atom stereocenters. The average Bonchev–Trinajstić information content (AvgIpc) is 2.82. The van der Waals surface area contributed by atoms with Gasteiger partial charge in [-0.05, 0) is 19.1 Å². The zero-order valence-corrected chi connectivity index (χ0v) is 12.1. The Morgan fingerprint density at radius 2 is 2.05 bits per heavy atom. The van der Waals surface area contributed by atoms with Crippen molar-refractivity contribution >= 4 is 28.9 Å². The first kappa shape index (κ1) is 15.4. The van der Waals surface area contributed by atoms with Crippen LogP contribution >= 0.6 is 0 Å². The van der Waals surface area contributed by atoms with E-state index < -0.39 is 16.6 Å². The molecule has 1 aromatic carbocycles. The van der Waals surface area contributed by atoms with Crippen molar-refractivity contribution in [3.63, 3.8) is 0 Å². The largest absolute Gasteiger partial charge is 0.458 e. The van der Waals surface area contributed by atoms with Crippen molar-refractivity contribution in [2.45, 2.75) is 13.8 Å². The fraction of sp³-hybridized carbons (Fsp3) is 0.200. The Morgan fingerprint density at radius 3 is 2.64 bits per heavy atom. The first-order valence-corrected chi connectivity index (χ1v) is 6.60. The molecule has 7 heteroatoms. The molecule has 0 amide bonds. The molecule has 0 aliphatic heterocycles. The van der Waals surface area contributed by atoms with Crippen molar-refractivity contribution in [1.82, 2.24) is 4.57 Å². The normalized spacial score (nSPS) is 11.5. The lowest BCUT2D eigenvalue weighted by Gasteiger charge is -2.03. The number of benzene rings is 1. The SMILES string of the molecule is CCOC(=O)C(=Cc1cc2ccccc2n1C(C)=O)[N+](=O)[O-]. The Hall–Kier alpha value is -2.96. The summed E-state index contributed by atoms with van der Waals surface area (Å²) in [6.45, 7) is 2.93. The summed E-state index contributed by atoms with van der Waals surface area (Å²) in [5, 5.41) is 11.8. The van der Waals surface area contributed by atoms with E-state index in [4.69, 9.17) is 0 Å².